The first kappa shape index (κ1) is 5.32. The van der Waals surface area contributed by atoms with Gasteiger partial charge in [-0.25, -0.2) is 0 Å². The first-order valence-corrected chi connectivity index (χ1v) is 3.50. The smallest absolute Gasteiger partial charge is 0.0254 e. The molecule has 0 saturated heterocycles. The maximum absolute atomic E-state index is 3.37. The Morgan fingerprint density at radius 2 is 2.71 bits per heavy atom. The fourth-order valence-electron chi connectivity index (χ4n) is 0.623. The van der Waals surface area contributed by atoms with Crippen LogP contribution < -0.4 is 5.32 Å². The number of hydrogen-bond acceptors (Lipinski definition) is 1. The topological polar surface area (TPSA) is 12.0 Å². The lowest BCUT2D eigenvalue weighted by atomic mass is 10.3. The van der Waals surface area contributed by atoms with Crippen LogP contribution in [-0.4, -0.2) is 18.4 Å². The van der Waals surface area contributed by atoms with E-state index < -0.39 is 0 Å². The molecule has 0 spiro atoms. The molecule has 0 bridgehead atoms. The molecular formula is C5H8BrN. The van der Waals surface area contributed by atoms with E-state index in [1.54, 1.807) is 0 Å². The first-order chi connectivity index (χ1) is 3.43. The van der Waals surface area contributed by atoms with Crippen molar-refractivity contribution in [3.8, 4) is 0 Å². The zero-order valence-corrected chi connectivity index (χ0v) is 5.66. The molecule has 0 aliphatic carbocycles. The average Bonchev–Trinajstić information content (AvgIpc) is 2.14. The molecule has 0 aromatic heterocycles. The first-order valence-electron chi connectivity index (χ1n) is 2.38. The Morgan fingerprint density at radius 1 is 1.86 bits per heavy atom. The second-order valence-corrected chi connectivity index (χ2v) is 2.19. The largest absolute Gasteiger partial charge is 0.310 e. The van der Waals surface area contributed by atoms with Gasteiger partial charge in [-0.3, -0.25) is 0 Å². The lowest BCUT2D eigenvalue weighted by molar-refractivity contribution is 0.877. The van der Waals surface area contributed by atoms with Crippen LogP contribution >= 0.6 is 15.9 Å². The molecule has 0 fully saturated rings. The van der Waals surface area contributed by atoms with Crippen LogP contribution in [-0.2, 0) is 0 Å². The second kappa shape index (κ2) is 2.48. The van der Waals surface area contributed by atoms with Crippen molar-refractivity contribution in [3.05, 3.63) is 11.6 Å². The Morgan fingerprint density at radius 3 is 3.00 bits per heavy atom. The van der Waals surface area contributed by atoms with E-state index in [-0.39, 0.29) is 0 Å². The van der Waals surface area contributed by atoms with E-state index in [4.69, 9.17) is 0 Å². The van der Waals surface area contributed by atoms with Crippen molar-refractivity contribution in [1.29, 1.82) is 0 Å². The Hall–Kier alpha value is 0.180. The molecule has 0 saturated carbocycles. The van der Waals surface area contributed by atoms with E-state index in [1.807, 2.05) is 0 Å². The summed E-state index contributed by atoms with van der Waals surface area (Å²) in [6.45, 7) is 2.13. The average molecular weight is 162 g/mol. The zero-order valence-electron chi connectivity index (χ0n) is 4.08. The summed E-state index contributed by atoms with van der Waals surface area (Å²) in [5.41, 5.74) is 1.47. The Balaban J connectivity index is 2.36. The molecule has 1 aliphatic heterocycles. The number of nitrogens with one attached hydrogen (secondary N) is 1. The van der Waals surface area contributed by atoms with Crippen LogP contribution in [0.25, 0.3) is 0 Å². The summed E-state index contributed by atoms with van der Waals surface area (Å²) in [5, 5.41) is 4.23. The monoisotopic (exact) mass is 161 g/mol. The highest BCUT2D eigenvalue weighted by Crippen LogP contribution is 2.00. The van der Waals surface area contributed by atoms with E-state index in [9.17, 15) is 0 Å². The summed E-state index contributed by atoms with van der Waals surface area (Å²) in [6.07, 6.45) is 2.22. The third-order valence-electron chi connectivity index (χ3n) is 1.06. The molecule has 40 valence electrons. The minimum atomic E-state index is 1.03. The summed E-state index contributed by atoms with van der Waals surface area (Å²) in [5.74, 6) is 0. The highest BCUT2D eigenvalue weighted by atomic mass is 79.9. The molecule has 2 heteroatoms. The van der Waals surface area contributed by atoms with Gasteiger partial charge in [0.15, 0.2) is 0 Å². The minimum absolute atomic E-state index is 1.03. The summed E-state index contributed by atoms with van der Waals surface area (Å²) < 4.78 is 0. The maximum atomic E-state index is 3.37. The number of hydrogen-bond donors (Lipinski definition) is 1. The van der Waals surface area contributed by atoms with Crippen LogP contribution in [0.4, 0.5) is 0 Å². The SMILES string of the molecule is BrCC1=CCNC1. The summed E-state index contributed by atoms with van der Waals surface area (Å²) >= 11 is 3.37. The highest BCUT2D eigenvalue weighted by Gasteiger charge is 1.98. The van der Waals surface area contributed by atoms with Crippen molar-refractivity contribution in [1.82, 2.24) is 5.32 Å². The van der Waals surface area contributed by atoms with Gasteiger partial charge in [0.05, 0.1) is 0 Å². The fraction of sp³-hybridized carbons (Fsp3) is 0.600. The summed E-state index contributed by atoms with van der Waals surface area (Å²) in [4.78, 5) is 0. The zero-order chi connectivity index (χ0) is 5.11. The molecule has 1 heterocycles. The molecule has 1 nitrogen and oxygen atoms in total. The lowest BCUT2D eigenvalue weighted by Gasteiger charge is -1.88. The lowest BCUT2D eigenvalue weighted by Crippen LogP contribution is -2.08. The van der Waals surface area contributed by atoms with Crippen molar-refractivity contribution in [3.63, 3.8) is 0 Å². The van der Waals surface area contributed by atoms with Crippen molar-refractivity contribution >= 4 is 15.9 Å². The molecule has 0 radical (unpaired) electrons. The van der Waals surface area contributed by atoms with E-state index in [2.05, 4.69) is 27.3 Å². The summed E-state index contributed by atoms with van der Waals surface area (Å²) in [6, 6.07) is 0. The fourth-order valence-corrected chi connectivity index (χ4v) is 1.05. The molecule has 0 aromatic carbocycles. The van der Waals surface area contributed by atoms with Crippen LogP contribution in [0.1, 0.15) is 0 Å². The van der Waals surface area contributed by atoms with E-state index in [0.717, 1.165) is 18.4 Å². The number of rotatable bonds is 1. The third kappa shape index (κ3) is 1.28. The standard InChI is InChI=1S/C5H8BrN/c6-3-5-1-2-7-4-5/h1,7H,2-4H2. The van der Waals surface area contributed by atoms with Gasteiger partial charge in [0.25, 0.3) is 0 Å². The normalized spacial score (nSPS) is 19.9. The molecular weight excluding hydrogens is 154 g/mol. The van der Waals surface area contributed by atoms with Gasteiger partial charge in [0.1, 0.15) is 0 Å². The van der Waals surface area contributed by atoms with Gasteiger partial charge in [0.2, 0.25) is 0 Å². The molecule has 0 unspecified atom stereocenters. The van der Waals surface area contributed by atoms with Crippen molar-refractivity contribution < 1.29 is 0 Å². The van der Waals surface area contributed by atoms with Gasteiger partial charge in [-0.05, 0) is 5.57 Å². The van der Waals surface area contributed by atoms with E-state index in [1.165, 1.54) is 5.57 Å². The van der Waals surface area contributed by atoms with Gasteiger partial charge < -0.3 is 5.32 Å². The molecule has 7 heavy (non-hydrogen) atoms. The van der Waals surface area contributed by atoms with Crippen LogP contribution in [0, 0.1) is 0 Å². The third-order valence-corrected chi connectivity index (χ3v) is 1.78. The molecule has 1 aliphatic rings. The Kier molecular flexibility index (Phi) is 1.88. The maximum Gasteiger partial charge on any atom is 0.0254 e. The minimum Gasteiger partial charge on any atom is -0.310 e. The van der Waals surface area contributed by atoms with Crippen molar-refractivity contribution in [2.24, 2.45) is 0 Å². The van der Waals surface area contributed by atoms with Gasteiger partial charge >= 0.3 is 0 Å². The van der Waals surface area contributed by atoms with Crippen molar-refractivity contribution in [2.75, 3.05) is 18.4 Å². The van der Waals surface area contributed by atoms with Gasteiger partial charge in [-0.2, -0.15) is 0 Å². The number of alkyl halides is 1. The van der Waals surface area contributed by atoms with Crippen molar-refractivity contribution in [2.45, 2.75) is 0 Å². The Labute approximate surface area is 51.9 Å². The van der Waals surface area contributed by atoms with Gasteiger partial charge in [-0.15, -0.1) is 0 Å². The molecule has 1 N–H and O–H groups in total. The van der Waals surface area contributed by atoms with E-state index >= 15 is 0 Å². The highest BCUT2D eigenvalue weighted by molar-refractivity contribution is 9.09. The molecule has 0 aromatic rings. The van der Waals surface area contributed by atoms with Crippen LogP contribution in [0.2, 0.25) is 0 Å². The predicted molar refractivity (Wildman–Crippen MR) is 34.7 cm³/mol. The quantitative estimate of drug-likeness (QED) is 0.446. The van der Waals surface area contributed by atoms with Crippen LogP contribution in [0.15, 0.2) is 11.6 Å². The molecule has 1 rings (SSSR count). The van der Waals surface area contributed by atoms with Gasteiger partial charge in [0, 0.05) is 18.4 Å². The van der Waals surface area contributed by atoms with Crippen LogP contribution in [0.5, 0.6) is 0 Å². The van der Waals surface area contributed by atoms with Crippen LogP contribution in [0.3, 0.4) is 0 Å². The molecule has 0 amide bonds. The number of halogens is 1. The Bertz CT molecular complexity index is 88.1. The molecule has 0 atom stereocenters. The van der Waals surface area contributed by atoms with E-state index in [0.29, 0.717) is 0 Å². The van der Waals surface area contributed by atoms with Gasteiger partial charge in [-0.1, -0.05) is 22.0 Å². The summed E-state index contributed by atoms with van der Waals surface area (Å²) in [7, 11) is 0. The second-order valence-electron chi connectivity index (χ2n) is 1.63. The predicted octanol–water partition coefficient (Wildman–Crippen LogP) is 0.911.